The summed E-state index contributed by atoms with van der Waals surface area (Å²) in [6.45, 7) is 1.08. The van der Waals surface area contributed by atoms with Gasteiger partial charge in [-0.25, -0.2) is 0 Å². The molecule has 0 amide bonds. The molecule has 0 heterocycles. The number of carboxylic acids is 1. The van der Waals surface area contributed by atoms with Gasteiger partial charge in [-0.15, -0.1) is 0 Å². The predicted molar refractivity (Wildman–Crippen MR) is 113 cm³/mol. The van der Waals surface area contributed by atoms with Crippen LogP contribution in [0.2, 0.25) is 5.02 Å². The molecule has 0 saturated heterocycles. The number of rotatable bonds is 4. The van der Waals surface area contributed by atoms with Crippen LogP contribution in [0, 0.1) is 0 Å². The molecule has 2 aromatic rings. The lowest BCUT2D eigenvalue weighted by molar-refractivity contribution is -0.134. The van der Waals surface area contributed by atoms with E-state index in [2.05, 4.69) is 0 Å². The summed E-state index contributed by atoms with van der Waals surface area (Å²) in [7, 11) is 6.24. The average molecular weight is 417 g/mol. The van der Waals surface area contributed by atoms with Gasteiger partial charge in [0.15, 0.2) is 0 Å². The van der Waals surface area contributed by atoms with E-state index in [0.29, 0.717) is 39.4 Å². The zero-order valence-electron chi connectivity index (χ0n) is 15.9. The van der Waals surface area contributed by atoms with Crippen molar-refractivity contribution in [2.75, 3.05) is 39.9 Å². The van der Waals surface area contributed by atoms with Crippen molar-refractivity contribution in [1.29, 1.82) is 0 Å². The molecule has 8 nitrogen and oxygen atoms in total. The van der Waals surface area contributed by atoms with Gasteiger partial charge in [0.05, 0.1) is 28.4 Å². The summed E-state index contributed by atoms with van der Waals surface area (Å²) >= 11 is 5.88. The molecular formula is C19H29ClN2O6. The molecule has 0 aliphatic heterocycles. The van der Waals surface area contributed by atoms with Gasteiger partial charge in [0.1, 0.15) is 28.0 Å². The second-order valence-electron chi connectivity index (χ2n) is 4.90. The number of benzene rings is 2. The molecule has 5 N–H and O–H groups in total. The minimum absolute atomic E-state index is 0. The standard InChI is InChI=1S/C8H10ClNO2.C8H11NO2.C2H4O2.CH4/c1-11-6-3-5(10)4-7(12-2)8(6)9;1-10-7-3-6(9)4-8(5-7)11-2;1-2(3)4;/h3-4H,10H2,1-2H3;3-5H,9H2,1-2H3;1H3,(H,3,4);1H4. The molecule has 158 valence electrons. The fourth-order valence-corrected chi connectivity index (χ4v) is 1.98. The number of nitrogen functional groups attached to an aromatic ring is 2. The molecule has 0 saturated carbocycles. The Kier molecular flexibility index (Phi) is 13.7. The van der Waals surface area contributed by atoms with Gasteiger partial charge in [-0.3, -0.25) is 4.79 Å². The van der Waals surface area contributed by atoms with Crippen molar-refractivity contribution in [3.63, 3.8) is 0 Å². The first-order chi connectivity index (χ1) is 12.7. The van der Waals surface area contributed by atoms with Crippen LogP contribution in [0.1, 0.15) is 14.4 Å². The molecule has 0 atom stereocenters. The van der Waals surface area contributed by atoms with Gasteiger partial charge in [0.2, 0.25) is 0 Å². The third-order valence-corrected chi connectivity index (χ3v) is 3.21. The van der Waals surface area contributed by atoms with E-state index in [0.717, 1.165) is 6.92 Å². The van der Waals surface area contributed by atoms with Crippen molar-refractivity contribution < 1.29 is 28.8 Å². The Morgan fingerprint density at radius 2 is 1.14 bits per heavy atom. The number of halogens is 1. The molecule has 0 aromatic heterocycles. The van der Waals surface area contributed by atoms with Crippen LogP contribution in [-0.4, -0.2) is 39.5 Å². The number of carbonyl (C=O) groups is 1. The SMILES string of the molecule is C.CC(=O)O.COc1cc(N)cc(OC)c1.COc1cc(N)cc(OC)c1Cl. The highest BCUT2D eigenvalue weighted by atomic mass is 35.5. The van der Waals surface area contributed by atoms with Crippen LogP contribution < -0.4 is 30.4 Å². The first-order valence-corrected chi connectivity index (χ1v) is 7.91. The van der Waals surface area contributed by atoms with Crippen LogP contribution in [-0.2, 0) is 4.79 Å². The molecule has 0 radical (unpaired) electrons. The minimum atomic E-state index is -0.833. The Labute approximate surface area is 170 Å². The van der Waals surface area contributed by atoms with E-state index in [4.69, 9.17) is 51.9 Å². The lowest BCUT2D eigenvalue weighted by Crippen LogP contribution is -1.92. The number of carboxylic acid groups (broad SMARTS) is 1. The second kappa shape index (κ2) is 14.1. The van der Waals surface area contributed by atoms with Crippen LogP contribution in [0.5, 0.6) is 23.0 Å². The van der Waals surface area contributed by atoms with Crippen LogP contribution >= 0.6 is 11.6 Å². The Bertz CT molecular complexity index is 689. The van der Waals surface area contributed by atoms with E-state index in [1.807, 2.05) is 0 Å². The van der Waals surface area contributed by atoms with E-state index in [1.165, 1.54) is 14.2 Å². The topological polar surface area (TPSA) is 126 Å². The molecule has 28 heavy (non-hydrogen) atoms. The van der Waals surface area contributed by atoms with E-state index in [1.54, 1.807) is 44.6 Å². The molecule has 9 heteroatoms. The normalized spacial score (nSPS) is 8.64. The molecular weight excluding hydrogens is 388 g/mol. The monoisotopic (exact) mass is 416 g/mol. The first-order valence-electron chi connectivity index (χ1n) is 7.53. The molecule has 0 aliphatic carbocycles. The first kappa shape index (κ1) is 27.2. The quantitative estimate of drug-likeness (QED) is 0.639. The number of hydrogen-bond acceptors (Lipinski definition) is 7. The van der Waals surface area contributed by atoms with Gasteiger partial charge in [-0.1, -0.05) is 19.0 Å². The molecule has 2 aromatic carbocycles. The summed E-state index contributed by atoms with van der Waals surface area (Å²) in [5.74, 6) is 1.63. The zero-order chi connectivity index (χ0) is 21.0. The van der Waals surface area contributed by atoms with Gasteiger partial charge in [-0.05, 0) is 0 Å². The fourth-order valence-electron chi connectivity index (χ4n) is 1.72. The summed E-state index contributed by atoms with van der Waals surface area (Å²) in [4.78, 5) is 9.00. The maximum Gasteiger partial charge on any atom is 0.300 e. The largest absolute Gasteiger partial charge is 0.497 e. The third-order valence-electron chi connectivity index (χ3n) is 2.84. The Hall–Kier alpha value is -3.00. The highest BCUT2D eigenvalue weighted by Crippen LogP contribution is 2.35. The highest BCUT2D eigenvalue weighted by molar-refractivity contribution is 6.33. The molecule has 0 aliphatic rings. The maximum absolute atomic E-state index is 9.00. The Balaban J connectivity index is 0. The number of anilines is 2. The summed E-state index contributed by atoms with van der Waals surface area (Å²) in [6.07, 6.45) is 0. The Morgan fingerprint density at radius 3 is 1.43 bits per heavy atom. The summed E-state index contributed by atoms with van der Waals surface area (Å²) in [6, 6.07) is 8.54. The summed E-state index contributed by atoms with van der Waals surface area (Å²) in [5, 5.41) is 7.86. The van der Waals surface area contributed by atoms with Gasteiger partial charge >= 0.3 is 0 Å². The van der Waals surface area contributed by atoms with Crippen molar-refractivity contribution in [3.05, 3.63) is 35.4 Å². The third kappa shape index (κ3) is 10.2. The number of aliphatic carboxylic acids is 1. The summed E-state index contributed by atoms with van der Waals surface area (Å²) < 4.78 is 19.9. The Morgan fingerprint density at radius 1 is 0.821 bits per heavy atom. The highest BCUT2D eigenvalue weighted by Gasteiger charge is 2.08. The number of nitrogens with two attached hydrogens (primary N) is 2. The van der Waals surface area contributed by atoms with Crippen LogP contribution in [0.3, 0.4) is 0 Å². The van der Waals surface area contributed by atoms with Crippen molar-refractivity contribution in [2.45, 2.75) is 14.4 Å². The van der Waals surface area contributed by atoms with E-state index in [9.17, 15) is 0 Å². The molecule has 0 bridgehead atoms. The molecule has 0 fully saturated rings. The maximum atomic E-state index is 9.00. The lowest BCUT2D eigenvalue weighted by Gasteiger charge is -2.08. The van der Waals surface area contributed by atoms with E-state index in [-0.39, 0.29) is 7.43 Å². The average Bonchev–Trinajstić information content (AvgIpc) is 2.62. The predicted octanol–water partition coefficient (Wildman–Crippen LogP) is 3.95. The smallest absolute Gasteiger partial charge is 0.300 e. The van der Waals surface area contributed by atoms with Crippen molar-refractivity contribution in [1.82, 2.24) is 0 Å². The van der Waals surface area contributed by atoms with Crippen molar-refractivity contribution in [2.24, 2.45) is 0 Å². The van der Waals surface area contributed by atoms with Crippen LogP contribution in [0.25, 0.3) is 0 Å². The summed E-state index contributed by atoms with van der Waals surface area (Å²) in [5.41, 5.74) is 12.3. The van der Waals surface area contributed by atoms with Crippen molar-refractivity contribution in [3.8, 4) is 23.0 Å². The molecule has 2 rings (SSSR count). The molecule has 0 unspecified atom stereocenters. The number of hydrogen-bond donors (Lipinski definition) is 3. The van der Waals surface area contributed by atoms with Crippen LogP contribution in [0.15, 0.2) is 30.3 Å². The number of ether oxygens (including phenoxy) is 4. The van der Waals surface area contributed by atoms with Gasteiger partial charge in [-0.2, -0.15) is 0 Å². The van der Waals surface area contributed by atoms with Gasteiger partial charge in [0.25, 0.3) is 5.97 Å². The lowest BCUT2D eigenvalue weighted by atomic mass is 10.3. The van der Waals surface area contributed by atoms with Crippen LogP contribution in [0.4, 0.5) is 11.4 Å². The van der Waals surface area contributed by atoms with E-state index < -0.39 is 5.97 Å². The van der Waals surface area contributed by atoms with Gasteiger partial charge in [0, 0.05) is 48.6 Å². The number of methoxy groups -OCH3 is 4. The van der Waals surface area contributed by atoms with Gasteiger partial charge < -0.3 is 35.5 Å². The molecule has 0 spiro atoms. The van der Waals surface area contributed by atoms with Crippen molar-refractivity contribution >= 4 is 28.9 Å². The van der Waals surface area contributed by atoms with E-state index >= 15 is 0 Å². The zero-order valence-corrected chi connectivity index (χ0v) is 16.7. The fraction of sp³-hybridized carbons (Fsp3) is 0.316. The minimum Gasteiger partial charge on any atom is -0.497 e. The second-order valence-corrected chi connectivity index (χ2v) is 5.28.